The Balaban J connectivity index is 0.865. The molecule has 4 aromatic rings. The fourth-order valence-electron chi connectivity index (χ4n) is 7.95. The van der Waals surface area contributed by atoms with Gasteiger partial charge in [-0.05, 0) is 92.4 Å². The Morgan fingerprint density at radius 2 is 1.64 bits per heavy atom. The molecule has 3 atom stereocenters. The average Bonchev–Trinajstić information content (AvgIpc) is 4.03. The monoisotopic (exact) mass is 975 g/mol. The van der Waals surface area contributed by atoms with Crippen molar-refractivity contribution >= 4 is 52.3 Å². The van der Waals surface area contributed by atoms with E-state index in [-0.39, 0.29) is 43.5 Å². The first-order chi connectivity index (χ1) is 32.7. The first-order valence-corrected chi connectivity index (χ1v) is 22.8. The highest BCUT2D eigenvalue weighted by atomic mass is 32.1. The fraction of sp³-hybridized carbons (Fsp3) is 0.449. The fourth-order valence-corrected chi connectivity index (χ4v) is 8.47. The Kier molecular flexibility index (Phi) is 16.8. The number of amides is 4. The number of hydrogen-bond donors (Lipinski definition) is 3. The van der Waals surface area contributed by atoms with Crippen LogP contribution in [0, 0.1) is 16.7 Å². The standard InChI is InChI=1S/C49H56F3N7O9S/c1-47(2,3)42(44(63)57-28-36(60)24-39(57)43(62)55-26-31-9-11-32(12-10-31)40-27-54-30-68-40)56-41(61)29-66-20-7-6-19-65-21-8-22-67-37-17-15-34(16-18-37)59-46(69)58(45(64)48(59,4)5)35-14-13-33(25-53)38(23-35)49(50,51)52/h9-18,23,27,30,36,39,42,60H,6-8,19-22,24,26,28-29H2,1-5H3,(H,55,62)(H,56,61)/t36-,39+,42?/m1/s1. The minimum Gasteiger partial charge on any atom is -0.494 e. The second-order valence-electron chi connectivity index (χ2n) is 18.3. The van der Waals surface area contributed by atoms with Crippen LogP contribution in [0.3, 0.4) is 0 Å². The predicted molar refractivity (Wildman–Crippen MR) is 252 cm³/mol. The molecule has 4 amide bonds. The normalized spacial score (nSPS) is 17.5. The zero-order valence-electron chi connectivity index (χ0n) is 39.0. The summed E-state index contributed by atoms with van der Waals surface area (Å²) in [6.45, 7) is 10.1. The second kappa shape index (κ2) is 22.4. The molecule has 1 unspecified atom stereocenters. The highest BCUT2D eigenvalue weighted by Gasteiger charge is 2.51. The van der Waals surface area contributed by atoms with Crippen LogP contribution in [0.25, 0.3) is 11.3 Å². The van der Waals surface area contributed by atoms with Crippen LogP contribution in [0.4, 0.5) is 24.5 Å². The number of rotatable bonds is 20. The van der Waals surface area contributed by atoms with Gasteiger partial charge in [-0.2, -0.15) is 18.4 Å². The Bertz CT molecular complexity index is 2490. The minimum absolute atomic E-state index is 0.0111. The zero-order valence-corrected chi connectivity index (χ0v) is 39.8. The lowest BCUT2D eigenvalue weighted by Crippen LogP contribution is -2.58. The highest BCUT2D eigenvalue weighted by molar-refractivity contribution is 7.81. The molecule has 0 radical (unpaired) electrons. The van der Waals surface area contributed by atoms with E-state index in [1.165, 1.54) is 17.4 Å². The van der Waals surface area contributed by atoms with E-state index in [0.717, 1.165) is 28.2 Å². The Morgan fingerprint density at radius 1 is 0.971 bits per heavy atom. The quantitative estimate of drug-likeness (QED) is 0.0638. The van der Waals surface area contributed by atoms with Gasteiger partial charge in [0.15, 0.2) is 17.3 Å². The van der Waals surface area contributed by atoms with Crippen molar-refractivity contribution in [2.24, 2.45) is 5.41 Å². The van der Waals surface area contributed by atoms with Gasteiger partial charge in [-0.15, -0.1) is 0 Å². The summed E-state index contributed by atoms with van der Waals surface area (Å²) in [4.78, 5) is 61.6. The molecule has 0 bridgehead atoms. The summed E-state index contributed by atoms with van der Waals surface area (Å²) in [5, 5.41) is 25.4. The third-order valence-corrected chi connectivity index (χ3v) is 12.0. The molecule has 20 heteroatoms. The molecule has 2 aliphatic rings. The van der Waals surface area contributed by atoms with Crippen LogP contribution in [0.2, 0.25) is 0 Å². The molecule has 0 saturated carbocycles. The zero-order chi connectivity index (χ0) is 50.1. The molecular weight excluding hydrogens is 920 g/mol. The second-order valence-corrected chi connectivity index (χ2v) is 18.6. The van der Waals surface area contributed by atoms with Gasteiger partial charge in [0, 0.05) is 57.0 Å². The van der Waals surface area contributed by atoms with Crippen molar-refractivity contribution in [1.82, 2.24) is 20.5 Å². The predicted octanol–water partition coefficient (Wildman–Crippen LogP) is 6.54. The number of thiocarbonyl (C=S) groups is 1. The molecule has 3 aromatic carbocycles. The number of nitrogens with zero attached hydrogens (tertiary/aromatic N) is 5. The SMILES string of the molecule is CC(C)(C)C(NC(=O)COCCCCOCCCOc1ccc(N2C(=S)N(c3ccc(C#N)c(C(F)(F)F)c3)C(=O)C2(C)C)cc1)C(=O)N1C[C@H](O)C[C@H]1C(=O)NCc1ccc(-c2cnco2)cc1. The van der Waals surface area contributed by atoms with Crippen LogP contribution < -0.4 is 25.2 Å². The molecule has 6 rings (SSSR count). The topological polar surface area (TPSA) is 200 Å². The number of halogens is 3. The Morgan fingerprint density at radius 3 is 2.28 bits per heavy atom. The third kappa shape index (κ3) is 12.8. The van der Waals surface area contributed by atoms with E-state index in [1.807, 2.05) is 45.0 Å². The number of carbonyl (C=O) groups is 4. The Hall–Kier alpha value is -6.40. The highest BCUT2D eigenvalue weighted by Crippen LogP contribution is 2.40. The van der Waals surface area contributed by atoms with Crippen LogP contribution >= 0.6 is 12.2 Å². The molecule has 2 fully saturated rings. The lowest BCUT2D eigenvalue weighted by molar-refractivity contribution is -0.144. The molecular formula is C49H56F3N7O9S. The third-order valence-electron chi connectivity index (χ3n) is 11.6. The van der Waals surface area contributed by atoms with Crippen LogP contribution in [0.5, 0.6) is 5.75 Å². The Labute approximate surface area is 403 Å². The number of oxazole rings is 1. The van der Waals surface area contributed by atoms with Crippen molar-refractivity contribution in [2.75, 3.05) is 49.4 Å². The number of alkyl halides is 3. The maximum atomic E-state index is 13.9. The summed E-state index contributed by atoms with van der Waals surface area (Å²) < 4.78 is 63.6. The largest absolute Gasteiger partial charge is 0.494 e. The van der Waals surface area contributed by atoms with Crippen LogP contribution in [-0.4, -0.2) is 107 Å². The molecule has 3 N–H and O–H groups in total. The van der Waals surface area contributed by atoms with Gasteiger partial charge in [-0.25, -0.2) is 4.98 Å². The van der Waals surface area contributed by atoms with Crippen LogP contribution in [0.1, 0.15) is 77.0 Å². The smallest absolute Gasteiger partial charge is 0.417 e. The number of likely N-dealkylation sites (tertiary alicyclic amines) is 1. The maximum absolute atomic E-state index is 13.9. The van der Waals surface area contributed by atoms with E-state index in [0.29, 0.717) is 56.3 Å². The first-order valence-electron chi connectivity index (χ1n) is 22.4. The molecule has 1 aromatic heterocycles. The lowest BCUT2D eigenvalue weighted by Gasteiger charge is -2.35. The van der Waals surface area contributed by atoms with Crippen molar-refractivity contribution in [3.63, 3.8) is 0 Å². The molecule has 69 heavy (non-hydrogen) atoms. The summed E-state index contributed by atoms with van der Waals surface area (Å²) in [6, 6.07) is 16.9. The van der Waals surface area contributed by atoms with Crippen molar-refractivity contribution in [3.05, 3.63) is 96.0 Å². The molecule has 3 heterocycles. The number of β-amino-alcohol motifs (C(OH)–C–C–N with tert-alkyl or cyclic N) is 1. The molecule has 2 saturated heterocycles. The summed E-state index contributed by atoms with van der Waals surface area (Å²) >= 11 is 5.61. The van der Waals surface area contributed by atoms with Crippen molar-refractivity contribution in [1.29, 1.82) is 5.26 Å². The van der Waals surface area contributed by atoms with Gasteiger partial charge < -0.3 is 44.2 Å². The van der Waals surface area contributed by atoms with Gasteiger partial charge in [0.25, 0.3) is 5.91 Å². The van der Waals surface area contributed by atoms with Crippen molar-refractivity contribution in [2.45, 2.75) is 96.7 Å². The van der Waals surface area contributed by atoms with Crippen molar-refractivity contribution in [3.8, 4) is 23.1 Å². The number of anilines is 2. The number of nitrogens with one attached hydrogen (secondary N) is 2. The number of aliphatic hydroxyl groups excluding tert-OH is 1. The van der Waals surface area contributed by atoms with Gasteiger partial charge in [-0.1, -0.05) is 45.0 Å². The maximum Gasteiger partial charge on any atom is 0.417 e. The number of aliphatic hydroxyl groups is 1. The number of hydrogen-bond acceptors (Lipinski definition) is 12. The number of nitriles is 1. The summed E-state index contributed by atoms with van der Waals surface area (Å²) in [7, 11) is 0. The number of aromatic nitrogens is 1. The van der Waals surface area contributed by atoms with Crippen LogP contribution in [0.15, 0.2) is 83.7 Å². The summed E-state index contributed by atoms with van der Waals surface area (Å²) in [5.74, 6) is -0.726. The van der Waals surface area contributed by atoms with Crippen LogP contribution in [-0.2, 0) is 41.4 Å². The number of carbonyl (C=O) groups excluding carboxylic acids is 4. The number of benzene rings is 3. The molecule has 0 spiro atoms. The summed E-state index contributed by atoms with van der Waals surface area (Å²) in [5.41, 5.74) is -1.56. The van der Waals surface area contributed by atoms with Gasteiger partial charge in [-0.3, -0.25) is 24.1 Å². The first kappa shape index (κ1) is 52.0. The molecule has 368 valence electrons. The van der Waals surface area contributed by atoms with E-state index in [9.17, 15) is 42.7 Å². The van der Waals surface area contributed by atoms with Gasteiger partial charge in [0.05, 0.1) is 41.8 Å². The minimum atomic E-state index is -4.80. The lowest BCUT2D eigenvalue weighted by atomic mass is 9.85. The van der Waals surface area contributed by atoms with E-state index in [2.05, 4.69) is 15.6 Å². The van der Waals surface area contributed by atoms with Gasteiger partial charge >= 0.3 is 6.18 Å². The van der Waals surface area contributed by atoms with E-state index in [4.69, 9.17) is 30.8 Å². The number of unbranched alkanes of at least 4 members (excludes halogenated alkanes) is 1. The van der Waals surface area contributed by atoms with Crippen molar-refractivity contribution < 1.29 is 56.1 Å². The average molecular weight is 976 g/mol. The van der Waals surface area contributed by atoms with Gasteiger partial charge in [0.2, 0.25) is 17.7 Å². The van der Waals surface area contributed by atoms with E-state index in [1.54, 1.807) is 55.3 Å². The van der Waals surface area contributed by atoms with E-state index >= 15 is 0 Å². The van der Waals surface area contributed by atoms with Gasteiger partial charge in [0.1, 0.15) is 30.0 Å². The number of ether oxygens (including phenoxy) is 3. The molecule has 0 aliphatic carbocycles. The molecule has 16 nitrogen and oxygen atoms in total. The molecule has 2 aliphatic heterocycles. The van der Waals surface area contributed by atoms with E-state index < -0.39 is 70.1 Å². The summed E-state index contributed by atoms with van der Waals surface area (Å²) in [6.07, 6.45) is -0.803.